The highest BCUT2D eigenvalue weighted by atomic mass is 16.5. The molecule has 1 aromatic carbocycles. The number of benzene rings is 1. The monoisotopic (exact) mass is 258 g/mol. The third-order valence-electron chi connectivity index (χ3n) is 4.80. The van der Waals surface area contributed by atoms with Crippen molar-refractivity contribution in [3.05, 3.63) is 35.9 Å². The van der Waals surface area contributed by atoms with E-state index >= 15 is 0 Å². The number of hydrogen-bond donors (Lipinski definition) is 0. The van der Waals surface area contributed by atoms with Gasteiger partial charge in [0.25, 0.3) is 0 Å². The predicted molar refractivity (Wildman–Crippen MR) is 75.1 cm³/mol. The zero-order valence-electron chi connectivity index (χ0n) is 11.4. The summed E-state index contributed by atoms with van der Waals surface area (Å²) in [4.78, 5) is 12.2. The predicted octanol–water partition coefficient (Wildman–Crippen LogP) is 3.57. The lowest BCUT2D eigenvalue weighted by Crippen LogP contribution is -2.33. The van der Waals surface area contributed by atoms with Crippen LogP contribution in [0, 0.1) is 11.8 Å². The topological polar surface area (TPSA) is 26.3 Å². The molecule has 1 saturated carbocycles. The van der Waals surface area contributed by atoms with Crippen LogP contribution in [0.5, 0.6) is 0 Å². The highest BCUT2D eigenvalue weighted by Crippen LogP contribution is 2.40. The molecule has 2 unspecified atom stereocenters. The van der Waals surface area contributed by atoms with Gasteiger partial charge in [-0.3, -0.25) is 4.79 Å². The quantitative estimate of drug-likeness (QED) is 0.810. The van der Waals surface area contributed by atoms with E-state index in [4.69, 9.17) is 4.74 Å². The van der Waals surface area contributed by atoms with Crippen molar-refractivity contribution < 1.29 is 9.53 Å². The van der Waals surface area contributed by atoms with Gasteiger partial charge < -0.3 is 4.74 Å². The molecule has 1 aliphatic carbocycles. The van der Waals surface area contributed by atoms with E-state index < -0.39 is 0 Å². The molecule has 1 aliphatic heterocycles. The zero-order valence-corrected chi connectivity index (χ0v) is 11.4. The third kappa shape index (κ3) is 2.89. The number of ketones is 1. The molecule has 1 aromatic rings. The summed E-state index contributed by atoms with van der Waals surface area (Å²) in [6.07, 6.45) is 4.98. The van der Waals surface area contributed by atoms with Crippen LogP contribution in [-0.2, 0) is 9.53 Å². The Hall–Kier alpha value is -1.15. The molecule has 0 radical (unpaired) electrons. The second-order valence-electron chi connectivity index (χ2n) is 5.90. The molecule has 2 fully saturated rings. The lowest BCUT2D eigenvalue weighted by atomic mass is 9.70. The molecule has 0 bridgehead atoms. The van der Waals surface area contributed by atoms with Crippen molar-refractivity contribution in [3.8, 4) is 0 Å². The van der Waals surface area contributed by atoms with Crippen LogP contribution < -0.4 is 0 Å². The van der Waals surface area contributed by atoms with E-state index in [9.17, 15) is 4.79 Å². The Labute approximate surface area is 115 Å². The first-order valence-electron chi connectivity index (χ1n) is 7.50. The van der Waals surface area contributed by atoms with Crippen molar-refractivity contribution in [2.75, 3.05) is 13.2 Å². The van der Waals surface area contributed by atoms with Crippen molar-refractivity contribution in [1.29, 1.82) is 0 Å². The van der Waals surface area contributed by atoms with E-state index in [0.717, 1.165) is 45.3 Å². The van der Waals surface area contributed by atoms with Gasteiger partial charge in [-0.15, -0.1) is 0 Å². The molecular weight excluding hydrogens is 236 g/mol. The number of carbonyl (C=O) groups is 1. The molecule has 1 heterocycles. The summed E-state index contributed by atoms with van der Waals surface area (Å²) in [5, 5.41) is 0. The van der Waals surface area contributed by atoms with Gasteiger partial charge in [0.05, 0.1) is 0 Å². The maximum atomic E-state index is 12.2. The fraction of sp³-hybridized carbons (Fsp3) is 0.588. The molecular formula is C17H22O2. The summed E-state index contributed by atoms with van der Waals surface area (Å²) < 4.78 is 5.43. The number of hydrogen-bond acceptors (Lipinski definition) is 2. The van der Waals surface area contributed by atoms with Crippen LogP contribution in [0.15, 0.2) is 30.3 Å². The maximum absolute atomic E-state index is 12.2. The Bertz CT molecular complexity index is 420. The second kappa shape index (κ2) is 5.87. The Kier molecular flexibility index (Phi) is 3.97. The Morgan fingerprint density at radius 3 is 2.47 bits per heavy atom. The average Bonchev–Trinajstić information content (AvgIpc) is 2.49. The van der Waals surface area contributed by atoms with Crippen LogP contribution in [-0.4, -0.2) is 19.0 Å². The minimum atomic E-state index is 0.280. The highest BCUT2D eigenvalue weighted by Gasteiger charge is 2.35. The number of carbonyl (C=O) groups excluding carboxylic acids is 1. The van der Waals surface area contributed by atoms with Crippen molar-refractivity contribution >= 4 is 5.78 Å². The van der Waals surface area contributed by atoms with Gasteiger partial charge in [-0.1, -0.05) is 30.3 Å². The molecule has 2 heteroatoms. The van der Waals surface area contributed by atoms with Gasteiger partial charge in [0, 0.05) is 25.6 Å². The van der Waals surface area contributed by atoms with Crippen LogP contribution in [0.2, 0.25) is 0 Å². The molecule has 1 saturated heterocycles. The first-order chi connectivity index (χ1) is 9.34. The average molecular weight is 258 g/mol. The summed E-state index contributed by atoms with van der Waals surface area (Å²) >= 11 is 0. The van der Waals surface area contributed by atoms with Crippen molar-refractivity contribution in [3.63, 3.8) is 0 Å². The summed E-state index contributed by atoms with van der Waals surface area (Å²) in [5.74, 6) is 1.92. The number of rotatable bonds is 2. The van der Waals surface area contributed by atoms with Gasteiger partial charge in [0.2, 0.25) is 0 Å². The summed E-state index contributed by atoms with van der Waals surface area (Å²) in [6, 6.07) is 10.7. The fourth-order valence-electron chi connectivity index (χ4n) is 3.66. The number of ether oxygens (including phenoxy) is 1. The molecule has 2 nitrogen and oxygen atoms in total. The van der Waals surface area contributed by atoms with E-state index in [1.807, 2.05) is 0 Å². The van der Waals surface area contributed by atoms with Crippen molar-refractivity contribution in [1.82, 2.24) is 0 Å². The molecule has 19 heavy (non-hydrogen) atoms. The molecule has 2 aliphatic rings. The molecule has 0 spiro atoms. The van der Waals surface area contributed by atoms with Crippen LogP contribution in [0.3, 0.4) is 0 Å². The normalized spacial score (nSPS) is 29.4. The van der Waals surface area contributed by atoms with E-state index in [2.05, 4.69) is 30.3 Å². The molecule has 3 rings (SSSR count). The maximum Gasteiger partial charge on any atom is 0.136 e. The Morgan fingerprint density at radius 2 is 1.74 bits per heavy atom. The van der Waals surface area contributed by atoms with Gasteiger partial charge in [-0.05, 0) is 43.1 Å². The first kappa shape index (κ1) is 12.9. The van der Waals surface area contributed by atoms with E-state index in [1.54, 1.807) is 0 Å². The lowest BCUT2D eigenvalue weighted by molar-refractivity contribution is -0.128. The molecule has 0 amide bonds. The van der Waals surface area contributed by atoms with E-state index in [1.165, 1.54) is 5.56 Å². The fourth-order valence-corrected chi connectivity index (χ4v) is 3.66. The number of Topliss-reactive ketones (excluding diaryl/α,β-unsaturated/α-hetero) is 1. The summed E-state index contributed by atoms with van der Waals surface area (Å²) in [6.45, 7) is 1.68. The molecule has 2 atom stereocenters. The summed E-state index contributed by atoms with van der Waals surface area (Å²) in [5.41, 5.74) is 1.41. The molecule has 0 N–H and O–H groups in total. The molecule has 0 aromatic heterocycles. The van der Waals surface area contributed by atoms with Crippen LogP contribution in [0.4, 0.5) is 0 Å². The van der Waals surface area contributed by atoms with Gasteiger partial charge in [-0.2, -0.15) is 0 Å². The first-order valence-corrected chi connectivity index (χ1v) is 7.50. The standard InChI is InChI=1S/C17H22O2/c18-17-7-6-15(13-4-2-1-3-5-13)12-16(17)14-8-10-19-11-9-14/h1-5,14-16H,6-12H2. The van der Waals surface area contributed by atoms with E-state index in [0.29, 0.717) is 17.6 Å². The van der Waals surface area contributed by atoms with Crippen LogP contribution >= 0.6 is 0 Å². The van der Waals surface area contributed by atoms with Gasteiger partial charge in [0.1, 0.15) is 5.78 Å². The molecule has 102 valence electrons. The lowest BCUT2D eigenvalue weighted by Gasteiger charge is -2.35. The van der Waals surface area contributed by atoms with Crippen molar-refractivity contribution in [2.24, 2.45) is 11.8 Å². The zero-order chi connectivity index (χ0) is 13.1. The Balaban J connectivity index is 1.71. The minimum absolute atomic E-state index is 0.280. The summed E-state index contributed by atoms with van der Waals surface area (Å²) in [7, 11) is 0. The van der Waals surface area contributed by atoms with Crippen molar-refractivity contribution in [2.45, 2.75) is 38.0 Å². The SMILES string of the molecule is O=C1CCC(c2ccccc2)CC1C1CCOCC1. The minimum Gasteiger partial charge on any atom is -0.381 e. The van der Waals surface area contributed by atoms with Gasteiger partial charge in [0.15, 0.2) is 0 Å². The largest absolute Gasteiger partial charge is 0.381 e. The van der Waals surface area contributed by atoms with Crippen LogP contribution in [0.25, 0.3) is 0 Å². The van der Waals surface area contributed by atoms with Gasteiger partial charge >= 0.3 is 0 Å². The van der Waals surface area contributed by atoms with Crippen LogP contribution in [0.1, 0.15) is 43.6 Å². The second-order valence-corrected chi connectivity index (χ2v) is 5.90. The Morgan fingerprint density at radius 1 is 1.00 bits per heavy atom. The highest BCUT2D eigenvalue weighted by molar-refractivity contribution is 5.82. The smallest absolute Gasteiger partial charge is 0.136 e. The third-order valence-corrected chi connectivity index (χ3v) is 4.80. The van der Waals surface area contributed by atoms with Gasteiger partial charge in [-0.25, -0.2) is 0 Å². The van der Waals surface area contributed by atoms with E-state index in [-0.39, 0.29) is 5.92 Å².